The Labute approximate surface area is 210 Å². The van der Waals surface area contributed by atoms with E-state index >= 15 is 0 Å². The normalized spacial score (nSPS) is 9.00. The van der Waals surface area contributed by atoms with Gasteiger partial charge in [-0.1, -0.05) is 110 Å². The molecule has 0 N–H and O–H groups in total. The zero-order valence-corrected chi connectivity index (χ0v) is 20.1. The van der Waals surface area contributed by atoms with Crippen LogP contribution in [0.5, 0.6) is 17.2 Å². The third-order valence-corrected chi connectivity index (χ3v) is 4.38. The maximum atomic E-state index is 10.3. The number of hydrogen-bond donors (Lipinski definition) is 0. The monoisotopic (exact) mass is 470 g/mol. The summed E-state index contributed by atoms with van der Waals surface area (Å²) in [5, 5.41) is 33.6. The number of hydrogen-bond acceptors (Lipinski definition) is 3. The van der Waals surface area contributed by atoms with Gasteiger partial charge >= 0.3 is 21.7 Å². The van der Waals surface area contributed by atoms with E-state index in [1.807, 2.05) is 18.2 Å². The molecule has 0 aromatic heterocycles. The van der Waals surface area contributed by atoms with Crippen LogP contribution in [0.3, 0.4) is 0 Å². The van der Waals surface area contributed by atoms with Crippen LogP contribution >= 0.6 is 0 Å². The van der Waals surface area contributed by atoms with E-state index in [4.69, 9.17) is 0 Å². The molecule has 0 aliphatic carbocycles. The summed E-state index contributed by atoms with van der Waals surface area (Å²) in [6.45, 7) is 2.20. The topological polar surface area (TPSA) is 69.2 Å². The minimum atomic E-state index is 0. The molecular formula is C29H26O3Ti. The third-order valence-electron chi connectivity index (χ3n) is 4.38. The maximum Gasteiger partial charge on any atom is 4.00 e. The van der Waals surface area contributed by atoms with Crippen LogP contribution < -0.4 is 15.3 Å². The first-order valence-corrected chi connectivity index (χ1v) is 10.4. The van der Waals surface area contributed by atoms with Crippen molar-refractivity contribution in [2.75, 3.05) is 0 Å². The second-order valence-corrected chi connectivity index (χ2v) is 6.74. The Hall–Kier alpha value is -3.40. The van der Waals surface area contributed by atoms with Crippen LogP contribution in [0.25, 0.3) is 10.8 Å². The van der Waals surface area contributed by atoms with Gasteiger partial charge in [-0.3, -0.25) is 0 Å². The van der Waals surface area contributed by atoms with Gasteiger partial charge in [0.15, 0.2) is 0 Å². The quantitative estimate of drug-likeness (QED) is 0.243. The fourth-order valence-corrected chi connectivity index (χ4v) is 2.80. The van der Waals surface area contributed by atoms with Crippen LogP contribution in [0.15, 0.2) is 127 Å². The van der Waals surface area contributed by atoms with Gasteiger partial charge in [-0.2, -0.15) is 12.1 Å². The van der Waals surface area contributed by atoms with Gasteiger partial charge in [0.1, 0.15) is 0 Å². The predicted octanol–water partition coefficient (Wildman–Crippen LogP) is 5.40. The van der Waals surface area contributed by atoms with Gasteiger partial charge in [0.25, 0.3) is 0 Å². The molecule has 0 spiro atoms. The summed E-state index contributed by atoms with van der Waals surface area (Å²) in [5.74, 6) is 0.215. The number of aryl methyl sites for hydroxylation is 1. The van der Waals surface area contributed by atoms with Crippen LogP contribution in [-0.4, -0.2) is 0 Å². The molecule has 0 aliphatic rings. The molecule has 0 unspecified atom stereocenters. The van der Waals surface area contributed by atoms with Gasteiger partial charge in [0, 0.05) is 0 Å². The van der Waals surface area contributed by atoms with Crippen LogP contribution in [0.4, 0.5) is 0 Å². The van der Waals surface area contributed by atoms with Gasteiger partial charge in [0.2, 0.25) is 0 Å². The van der Waals surface area contributed by atoms with E-state index in [1.54, 1.807) is 36.4 Å². The summed E-state index contributed by atoms with van der Waals surface area (Å²) in [7, 11) is 0. The Morgan fingerprint density at radius 3 is 1.30 bits per heavy atom. The molecule has 0 saturated heterocycles. The van der Waals surface area contributed by atoms with E-state index in [9.17, 15) is 15.3 Å². The van der Waals surface area contributed by atoms with Crippen molar-refractivity contribution in [1.29, 1.82) is 0 Å². The first-order valence-electron chi connectivity index (χ1n) is 10.4. The SMILES string of the molecule is CCc1cccc2[cH-]ccc12.[O-]c1ccccc1.[O-]c1ccccc1.[O-]c1ccccc1.[Ti+4]. The Balaban J connectivity index is 0.000000223. The standard InChI is InChI=1S/C11H11.3C6H6O.Ti/c1-2-9-5-3-6-10-7-4-8-11(9)10;3*7-6-4-2-1-3-5-6;/h3-8H,2H2,1H3;3*1-5,7H;/q-1;;;;+4/p-3. The molecule has 5 aromatic rings. The molecule has 0 amide bonds. The molecule has 0 radical (unpaired) electrons. The molecule has 33 heavy (non-hydrogen) atoms. The van der Waals surface area contributed by atoms with Gasteiger partial charge in [-0.15, -0.1) is 46.2 Å². The summed E-state index contributed by atoms with van der Waals surface area (Å²) in [6.07, 6.45) is 1.13. The molecule has 0 bridgehead atoms. The van der Waals surface area contributed by atoms with Crippen LogP contribution in [0.2, 0.25) is 0 Å². The molecule has 0 atom stereocenters. The zero-order chi connectivity index (χ0) is 23.0. The number of benzene rings is 4. The molecule has 0 saturated carbocycles. The van der Waals surface area contributed by atoms with Crippen molar-refractivity contribution in [3.8, 4) is 17.2 Å². The van der Waals surface area contributed by atoms with Crippen molar-refractivity contribution in [3.05, 3.63) is 133 Å². The number of fused-ring (bicyclic) bond motifs is 1. The fourth-order valence-electron chi connectivity index (χ4n) is 2.80. The molecule has 5 aromatic carbocycles. The van der Waals surface area contributed by atoms with E-state index in [2.05, 4.69) is 43.3 Å². The zero-order valence-electron chi connectivity index (χ0n) is 18.6. The van der Waals surface area contributed by atoms with Gasteiger partial charge in [-0.25, -0.2) is 0 Å². The first kappa shape index (κ1) is 27.6. The van der Waals surface area contributed by atoms with E-state index in [0.717, 1.165) is 6.42 Å². The molecule has 0 heterocycles. The fraction of sp³-hybridized carbons (Fsp3) is 0.0690. The molecular weight excluding hydrogens is 444 g/mol. The minimum Gasteiger partial charge on any atom is -0.872 e. The van der Waals surface area contributed by atoms with Gasteiger partial charge in [-0.05, 0) is 6.42 Å². The van der Waals surface area contributed by atoms with E-state index in [0.29, 0.717) is 0 Å². The molecule has 5 rings (SSSR count). The Morgan fingerprint density at radius 2 is 0.970 bits per heavy atom. The Morgan fingerprint density at radius 1 is 0.545 bits per heavy atom. The maximum absolute atomic E-state index is 10.3. The minimum absolute atomic E-state index is 0. The third kappa shape index (κ3) is 11.2. The van der Waals surface area contributed by atoms with Crippen LogP contribution in [0.1, 0.15) is 12.5 Å². The van der Waals surface area contributed by atoms with E-state index < -0.39 is 0 Å². The average molecular weight is 470 g/mol. The molecule has 0 aliphatic heterocycles. The molecule has 0 fully saturated rings. The average Bonchev–Trinajstić information content (AvgIpc) is 3.31. The van der Waals surface area contributed by atoms with Crippen molar-refractivity contribution in [3.63, 3.8) is 0 Å². The van der Waals surface area contributed by atoms with Crippen LogP contribution in [-0.2, 0) is 28.1 Å². The van der Waals surface area contributed by atoms with Gasteiger partial charge < -0.3 is 15.3 Å². The van der Waals surface area contributed by atoms with Crippen molar-refractivity contribution in [2.24, 2.45) is 0 Å². The first-order chi connectivity index (χ1) is 15.6. The Kier molecular flexibility index (Phi) is 13.6. The number of rotatable bonds is 1. The van der Waals surface area contributed by atoms with E-state index in [-0.39, 0.29) is 39.0 Å². The molecule has 164 valence electrons. The van der Waals surface area contributed by atoms with Crippen LogP contribution in [0, 0.1) is 0 Å². The summed E-state index contributed by atoms with van der Waals surface area (Å²) in [5.41, 5.74) is 1.45. The smallest absolute Gasteiger partial charge is 0.872 e. The summed E-state index contributed by atoms with van der Waals surface area (Å²) >= 11 is 0. The second kappa shape index (κ2) is 16.3. The molecule has 3 nitrogen and oxygen atoms in total. The van der Waals surface area contributed by atoms with Gasteiger partial charge in [0.05, 0.1) is 0 Å². The van der Waals surface area contributed by atoms with Crippen molar-refractivity contribution in [1.82, 2.24) is 0 Å². The van der Waals surface area contributed by atoms with Crippen molar-refractivity contribution in [2.45, 2.75) is 13.3 Å². The van der Waals surface area contributed by atoms with Crippen molar-refractivity contribution >= 4 is 10.8 Å². The van der Waals surface area contributed by atoms with Crippen molar-refractivity contribution < 1.29 is 37.0 Å². The predicted molar refractivity (Wildman–Crippen MR) is 127 cm³/mol. The summed E-state index contributed by atoms with van der Waals surface area (Å²) in [4.78, 5) is 0. The molecule has 4 heteroatoms. The largest absolute Gasteiger partial charge is 4.00 e. The summed E-state index contributed by atoms with van der Waals surface area (Å²) in [6, 6.07) is 37.9. The number of para-hydroxylation sites is 3. The Bertz CT molecular complexity index is 1040. The second-order valence-electron chi connectivity index (χ2n) is 6.74. The van der Waals surface area contributed by atoms with E-state index in [1.165, 1.54) is 52.7 Å². The summed E-state index contributed by atoms with van der Waals surface area (Å²) < 4.78 is 0.